The number of hydrogen-bond donors (Lipinski definition) is 2. The van der Waals surface area contributed by atoms with Crippen molar-refractivity contribution in [3.8, 4) is 0 Å². The molecule has 0 unspecified atom stereocenters. The highest BCUT2D eigenvalue weighted by Gasteiger charge is 2.22. The van der Waals surface area contributed by atoms with Gasteiger partial charge in [-0.2, -0.15) is 0 Å². The number of rotatable bonds is 4. The SMILES string of the molecule is Cc1ccc(C(=O)Nc2ccccc2NC(=O)C2CCCCC2)cc1. The molecular weight excluding hydrogens is 312 g/mol. The molecule has 2 aromatic rings. The van der Waals surface area contributed by atoms with Crippen LogP contribution in [0.1, 0.15) is 48.0 Å². The third kappa shape index (κ3) is 4.47. The minimum atomic E-state index is -0.181. The molecular formula is C21H24N2O2. The van der Waals surface area contributed by atoms with Gasteiger partial charge in [0.15, 0.2) is 0 Å². The number of aryl methyl sites for hydroxylation is 1. The lowest BCUT2D eigenvalue weighted by Crippen LogP contribution is -2.25. The van der Waals surface area contributed by atoms with Crippen molar-refractivity contribution < 1.29 is 9.59 Å². The molecule has 1 aliphatic rings. The monoisotopic (exact) mass is 336 g/mol. The largest absolute Gasteiger partial charge is 0.324 e. The van der Waals surface area contributed by atoms with Gasteiger partial charge in [0.2, 0.25) is 5.91 Å². The molecule has 0 saturated heterocycles. The topological polar surface area (TPSA) is 58.2 Å². The van der Waals surface area contributed by atoms with E-state index in [0.717, 1.165) is 31.2 Å². The summed E-state index contributed by atoms with van der Waals surface area (Å²) in [6, 6.07) is 14.8. The Balaban J connectivity index is 1.71. The Labute approximate surface area is 148 Å². The molecule has 0 atom stereocenters. The van der Waals surface area contributed by atoms with Gasteiger partial charge in [-0.05, 0) is 44.0 Å². The normalized spacial score (nSPS) is 14.8. The van der Waals surface area contributed by atoms with E-state index >= 15 is 0 Å². The molecule has 1 fully saturated rings. The number of benzene rings is 2. The first kappa shape index (κ1) is 17.2. The van der Waals surface area contributed by atoms with E-state index in [0.29, 0.717) is 16.9 Å². The van der Waals surface area contributed by atoms with Crippen LogP contribution in [0, 0.1) is 12.8 Å². The molecule has 4 nitrogen and oxygen atoms in total. The van der Waals surface area contributed by atoms with Gasteiger partial charge >= 0.3 is 0 Å². The number of carbonyl (C=O) groups excluding carboxylic acids is 2. The smallest absolute Gasteiger partial charge is 0.255 e. The number of amides is 2. The van der Waals surface area contributed by atoms with E-state index in [1.165, 1.54) is 6.42 Å². The van der Waals surface area contributed by atoms with Crippen LogP contribution in [-0.2, 0) is 4.79 Å². The van der Waals surface area contributed by atoms with Crippen LogP contribution in [0.25, 0.3) is 0 Å². The van der Waals surface area contributed by atoms with Crippen LogP contribution in [0.2, 0.25) is 0 Å². The third-order valence-electron chi connectivity index (χ3n) is 4.72. The van der Waals surface area contributed by atoms with Gasteiger partial charge in [-0.15, -0.1) is 0 Å². The fourth-order valence-electron chi connectivity index (χ4n) is 3.20. The quantitative estimate of drug-likeness (QED) is 0.845. The summed E-state index contributed by atoms with van der Waals surface area (Å²) in [5.41, 5.74) is 2.98. The number of nitrogens with one attached hydrogen (secondary N) is 2. The molecule has 4 heteroatoms. The predicted molar refractivity (Wildman–Crippen MR) is 101 cm³/mol. The molecule has 0 radical (unpaired) electrons. The molecule has 130 valence electrons. The summed E-state index contributed by atoms with van der Waals surface area (Å²) in [6.07, 6.45) is 5.34. The van der Waals surface area contributed by atoms with Gasteiger partial charge < -0.3 is 10.6 Å². The van der Waals surface area contributed by atoms with Gasteiger partial charge in [0.05, 0.1) is 11.4 Å². The van der Waals surface area contributed by atoms with E-state index in [1.54, 1.807) is 12.1 Å². The minimum absolute atomic E-state index is 0.0525. The van der Waals surface area contributed by atoms with Crippen LogP contribution >= 0.6 is 0 Å². The van der Waals surface area contributed by atoms with Gasteiger partial charge in [0, 0.05) is 11.5 Å². The fraction of sp³-hybridized carbons (Fsp3) is 0.333. The first-order valence-corrected chi connectivity index (χ1v) is 8.91. The summed E-state index contributed by atoms with van der Waals surface area (Å²) in [6.45, 7) is 1.98. The van der Waals surface area contributed by atoms with E-state index < -0.39 is 0 Å². The van der Waals surface area contributed by atoms with Gasteiger partial charge in [-0.1, -0.05) is 49.1 Å². The van der Waals surface area contributed by atoms with Crippen LogP contribution in [0.4, 0.5) is 11.4 Å². The Hall–Kier alpha value is -2.62. The minimum Gasteiger partial charge on any atom is -0.324 e. The molecule has 0 spiro atoms. The maximum absolute atomic E-state index is 12.5. The molecule has 2 amide bonds. The number of hydrogen-bond acceptors (Lipinski definition) is 2. The summed E-state index contributed by atoms with van der Waals surface area (Å²) >= 11 is 0. The number of para-hydroxylation sites is 2. The summed E-state index contributed by atoms with van der Waals surface area (Å²) in [7, 11) is 0. The standard InChI is InChI=1S/C21H24N2O2/c1-15-11-13-17(14-12-15)21(25)23-19-10-6-5-9-18(19)22-20(24)16-7-3-2-4-8-16/h5-6,9-14,16H,2-4,7-8H2,1H3,(H,22,24)(H,23,25). The highest BCUT2D eigenvalue weighted by Crippen LogP contribution is 2.27. The van der Waals surface area contributed by atoms with Crippen molar-refractivity contribution in [2.45, 2.75) is 39.0 Å². The molecule has 25 heavy (non-hydrogen) atoms. The molecule has 0 bridgehead atoms. The summed E-state index contributed by atoms with van der Waals surface area (Å²) in [4.78, 5) is 24.9. The van der Waals surface area contributed by atoms with Crippen molar-refractivity contribution in [2.75, 3.05) is 10.6 Å². The Morgan fingerprint density at radius 2 is 1.44 bits per heavy atom. The van der Waals surface area contributed by atoms with Gasteiger partial charge in [-0.25, -0.2) is 0 Å². The zero-order valence-electron chi connectivity index (χ0n) is 14.5. The van der Waals surface area contributed by atoms with Gasteiger partial charge in [-0.3, -0.25) is 9.59 Å². The summed E-state index contributed by atoms with van der Waals surface area (Å²) in [5, 5.41) is 5.89. The third-order valence-corrected chi connectivity index (χ3v) is 4.72. The maximum atomic E-state index is 12.5. The van der Waals surface area contributed by atoms with E-state index in [4.69, 9.17) is 0 Å². The zero-order valence-corrected chi connectivity index (χ0v) is 14.5. The number of carbonyl (C=O) groups is 2. The maximum Gasteiger partial charge on any atom is 0.255 e. The van der Waals surface area contributed by atoms with Crippen molar-refractivity contribution in [1.82, 2.24) is 0 Å². The van der Waals surface area contributed by atoms with Gasteiger partial charge in [0.25, 0.3) is 5.91 Å². The molecule has 0 aromatic heterocycles. The van der Waals surface area contributed by atoms with Crippen molar-refractivity contribution in [3.05, 3.63) is 59.7 Å². The highest BCUT2D eigenvalue weighted by atomic mass is 16.2. The Morgan fingerprint density at radius 3 is 2.08 bits per heavy atom. The molecule has 2 N–H and O–H groups in total. The van der Waals surface area contributed by atoms with Crippen molar-refractivity contribution >= 4 is 23.2 Å². The second-order valence-corrected chi connectivity index (χ2v) is 6.69. The molecule has 0 heterocycles. The van der Waals surface area contributed by atoms with E-state index in [-0.39, 0.29) is 17.7 Å². The average Bonchev–Trinajstić information content (AvgIpc) is 2.64. The summed E-state index contributed by atoms with van der Waals surface area (Å²) < 4.78 is 0. The lowest BCUT2D eigenvalue weighted by atomic mass is 9.88. The molecule has 3 rings (SSSR count). The predicted octanol–water partition coefficient (Wildman–Crippen LogP) is 4.77. The van der Waals surface area contributed by atoms with E-state index in [1.807, 2.05) is 43.3 Å². The average molecular weight is 336 g/mol. The highest BCUT2D eigenvalue weighted by molar-refractivity contribution is 6.07. The Kier molecular flexibility index (Phi) is 5.49. The molecule has 0 aliphatic heterocycles. The van der Waals surface area contributed by atoms with E-state index in [9.17, 15) is 9.59 Å². The summed E-state index contributed by atoms with van der Waals surface area (Å²) in [5.74, 6) is -0.0503. The molecule has 1 saturated carbocycles. The van der Waals surface area contributed by atoms with E-state index in [2.05, 4.69) is 10.6 Å². The van der Waals surface area contributed by atoms with Gasteiger partial charge in [0.1, 0.15) is 0 Å². The van der Waals surface area contributed by atoms with Crippen LogP contribution in [0.15, 0.2) is 48.5 Å². The Morgan fingerprint density at radius 1 is 0.840 bits per heavy atom. The molecule has 2 aromatic carbocycles. The lowest BCUT2D eigenvalue weighted by Gasteiger charge is -2.21. The van der Waals surface area contributed by atoms with Crippen LogP contribution in [-0.4, -0.2) is 11.8 Å². The zero-order chi connectivity index (χ0) is 17.6. The second kappa shape index (κ2) is 7.97. The van der Waals surface area contributed by atoms with Crippen molar-refractivity contribution in [2.24, 2.45) is 5.92 Å². The van der Waals surface area contributed by atoms with Crippen LogP contribution in [0.3, 0.4) is 0 Å². The second-order valence-electron chi connectivity index (χ2n) is 6.69. The first-order valence-electron chi connectivity index (χ1n) is 8.91. The fourth-order valence-corrected chi connectivity index (χ4v) is 3.20. The first-order chi connectivity index (χ1) is 12.1. The Bertz CT molecular complexity index is 747. The number of anilines is 2. The van der Waals surface area contributed by atoms with Crippen molar-refractivity contribution in [1.29, 1.82) is 0 Å². The lowest BCUT2D eigenvalue weighted by molar-refractivity contribution is -0.120. The molecule has 1 aliphatic carbocycles. The van der Waals surface area contributed by atoms with Crippen LogP contribution in [0.5, 0.6) is 0 Å². The van der Waals surface area contributed by atoms with Crippen LogP contribution < -0.4 is 10.6 Å². The van der Waals surface area contributed by atoms with Crippen molar-refractivity contribution in [3.63, 3.8) is 0 Å².